The number of anilines is 1. The molecule has 1 aromatic heterocycles. The number of nitrogen functional groups attached to an aromatic ring is 1. The molecule has 0 bridgehead atoms. The minimum Gasteiger partial charge on any atom is -0.399 e. The summed E-state index contributed by atoms with van der Waals surface area (Å²) in [5, 5.41) is 12.7. The third kappa shape index (κ3) is 2.88. The quantitative estimate of drug-likeness (QED) is 0.739. The van der Waals surface area contributed by atoms with Crippen LogP contribution in [0.1, 0.15) is 29.4 Å². The van der Waals surface area contributed by atoms with Gasteiger partial charge in [-0.1, -0.05) is 6.92 Å². The van der Waals surface area contributed by atoms with E-state index in [0.717, 1.165) is 16.6 Å². The zero-order chi connectivity index (χ0) is 14.7. The molecule has 0 spiro atoms. The van der Waals surface area contributed by atoms with Crippen LogP contribution in [0.25, 0.3) is 10.9 Å². The van der Waals surface area contributed by atoms with Crippen molar-refractivity contribution >= 4 is 22.5 Å². The Morgan fingerprint density at radius 1 is 1.45 bits per heavy atom. The third-order valence-electron chi connectivity index (χ3n) is 3.25. The lowest BCUT2D eigenvalue weighted by Gasteiger charge is -2.15. The molecule has 1 atom stereocenters. The van der Waals surface area contributed by atoms with E-state index in [1.54, 1.807) is 24.3 Å². The second kappa shape index (κ2) is 5.88. The SMILES string of the molecule is CCC(CO)NC(=O)c1cc(C)nc2ccc(N)cc12. The molecule has 0 radical (unpaired) electrons. The summed E-state index contributed by atoms with van der Waals surface area (Å²) in [6.07, 6.45) is 0.673. The highest BCUT2D eigenvalue weighted by atomic mass is 16.3. The van der Waals surface area contributed by atoms with Gasteiger partial charge >= 0.3 is 0 Å². The molecule has 2 rings (SSSR count). The van der Waals surface area contributed by atoms with Crippen molar-refractivity contribution in [2.24, 2.45) is 0 Å². The number of carbonyl (C=O) groups excluding carboxylic acids is 1. The maximum absolute atomic E-state index is 12.4. The van der Waals surface area contributed by atoms with Gasteiger partial charge in [-0.3, -0.25) is 9.78 Å². The lowest BCUT2D eigenvalue weighted by atomic mass is 10.1. The van der Waals surface area contributed by atoms with Gasteiger partial charge in [0.25, 0.3) is 5.91 Å². The van der Waals surface area contributed by atoms with Gasteiger partial charge in [-0.25, -0.2) is 0 Å². The van der Waals surface area contributed by atoms with Gasteiger partial charge in [0.05, 0.1) is 23.7 Å². The monoisotopic (exact) mass is 273 g/mol. The standard InChI is InChI=1S/C15H19N3O2/c1-3-11(8-19)18-15(20)13-6-9(2)17-14-5-4-10(16)7-12(13)14/h4-7,11,19H,3,8,16H2,1-2H3,(H,18,20). The number of carbonyl (C=O) groups is 1. The molecule has 20 heavy (non-hydrogen) atoms. The summed E-state index contributed by atoms with van der Waals surface area (Å²) in [6.45, 7) is 3.68. The van der Waals surface area contributed by atoms with Crippen molar-refractivity contribution in [2.45, 2.75) is 26.3 Å². The van der Waals surface area contributed by atoms with Gasteiger partial charge in [-0.2, -0.15) is 0 Å². The van der Waals surface area contributed by atoms with Crippen molar-refractivity contribution in [3.63, 3.8) is 0 Å². The number of hydrogen-bond acceptors (Lipinski definition) is 4. The first-order valence-electron chi connectivity index (χ1n) is 6.63. The molecule has 5 heteroatoms. The highest BCUT2D eigenvalue weighted by molar-refractivity contribution is 6.07. The number of benzene rings is 1. The lowest BCUT2D eigenvalue weighted by Crippen LogP contribution is -2.37. The van der Waals surface area contributed by atoms with Crippen LogP contribution in [0.15, 0.2) is 24.3 Å². The molecule has 0 aliphatic carbocycles. The van der Waals surface area contributed by atoms with Crippen molar-refractivity contribution in [3.8, 4) is 0 Å². The number of amides is 1. The summed E-state index contributed by atoms with van der Waals surface area (Å²) in [5.41, 5.74) is 8.41. The Hall–Kier alpha value is -2.14. The molecule has 1 aromatic carbocycles. The Morgan fingerprint density at radius 3 is 2.85 bits per heavy atom. The molecule has 106 valence electrons. The first-order chi connectivity index (χ1) is 9.55. The summed E-state index contributed by atoms with van der Waals surface area (Å²) in [5.74, 6) is -0.216. The average molecular weight is 273 g/mol. The first kappa shape index (κ1) is 14.3. The predicted octanol–water partition coefficient (Wildman–Crippen LogP) is 1.63. The summed E-state index contributed by atoms with van der Waals surface area (Å²) in [4.78, 5) is 16.8. The second-order valence-electron chi connectivity index (χ2n) is 4.85. The number of nitrogens with one attached hydrogen (secondary N) is 1. The van der Waals surface area contributed by atoms with Crippen LogP contribution in [0.3, 0.4) is 0 Å². The molecule has 0 saturated heterocycles. The molecule has 0 aliphatic rings. The fourth-order valence-electron chi connectivity index (χ4n) is 2.10. The number of nitrogens with zero attached hydrogens (tertiary/aromatic N) is 1. The van der Waals surface area contributed by atoms with Crippen molar-refractivity contribution in [3.05, 3.63) is 35.5 Å². The Morgan fingerprint density at radius 2 is 2.20 bits per heavy atom. The molecule has 4 N–H and O–H groups in total. The molecule has 0 aliphatic heterocycles. The number of aryl methyl sites for hydroxylation is 1. The van der Waals surface area contributed by atoms with E-state index < -0.39 is 0 Å². The Kier molecular flexibility index (Phi) is 4.20. The highest BCUT2D eigenvalue weighted by Crippen LogP contribution is 2.21. The summed E-state index contributed by atoms with van der Waals surface area (Å²) in [6, 6.07) is 6.81. The van der Waals surface area contributed by atoms with Gasteiger partial charge in [0.2, 0.25) is 0 Å². The van der Waals surface area contributed by atoms with Crippen LogP contribution in [0.5, 0.6) is 0 Å². The van der Waals surface area contributed by atoms with Gasteiger partial charge in [0, 0.05) is 16.8 Å². The molecule has 5 nitrogen and oxygen atoms in total. The predicted molar refractivity (Wildman–Crippen MR) is 79.5 cm³/mol. The molecule has 0 fully saturated rings. The number of aliphatic hydroxyl groups excluding tert-OH is 1. The molecular weight excluding hydrogens is 254 g/mol. The fourth-order valence-corrected chi connectivity index (χ4v) is 2.10. The molecule has 1 unspecified atom stereocenters. The largest absolute Gasteiger partial charge is 0.399 e. The van der Waals surface area contributed by atoms with Crippen molar-refractivity contribution in [1.82, 2.24) is 10.3 Å². The van der Waals surface area contributed by atoms with E-state index in [1.807, 2.05) is 13.8 Å². The van der Waals surface area contributed by atoms with Gasteiger partial charge in [0.15, 0.2) is 0 Å². The first-order valence-corrected chi connectivity index (χ1v) is 6.63. The normalized spacial score (nSPS) is 12.3. The van der Waals surface area contributed by atoms with E-state index in [0.29, 0.717) is 17.7 Å². The van der Waals surface area contributed by atoms with Gasteiger partial charge < -0.3 is 16.2 Å². The number of aromatic nitrogens is 1. The lowest BCUT2D eigenvalue weighted by molar-refractivity contribution is 0.0916. The van der Waals surface area contributed by atoms with Crippen LogP contribution < -0.4 is 11.1 Å². The number of fused-ring (bicyclic) bond motifs is 1. The van der Waals surface area contributed by atoms with E-state index in [-0.39, 0.29) is 18.6 Å². The molecule has 2 aromatic rings. The number of pyridine rings is 1. The van der Waals surface area contributed by atoms with E-state index >= 15 is 0 Å². The minimum atomic E-state index is -0.243. The van der Waals surface area contributed by atoms with E-state index in [1.165, 1.54) is 0 Å². The van der Waals surface area contributed by atoms with Crippen LogP contribution in [0.4, 0.5) is 5.69 Å². The Bertz CT molecular complexity index is 636. The molecule has 1 amide bonds. The van der Waals surface area contributed by atoms with Crippen LogP contribution in [-0.4, -0.2) is 28.6 Å². The van der Waals surface area contributed by atoms with E-state index in [9.17, 15) is 9.90 Å². The summed E-state index contributed by atoms with van der Waals surface area (Å²) in [7, 11) is 0. The highest BCUT2D eigenvalue weighted by Gasteiger charge is 2.15. The smallest absolute Gasteiger partial charge is 0.252 e. The van der Waals surface area contributed by atoms with Crippen LogP contribution >= 0.6 is 0 Å². The maximum atomic E-state index is 12.4. The van der Waals surface area contributed by atoms with Gasteiger partial charge in [-0.15, -0.1) is 0 Å². The third-order valence-corrected chi connectivity index (χ3v) is 3.25. The van der Waals surface area contributed by atoms with Crippen LogP contribution in [-0.2, 0) is 0 Å². The van der Waals surface area contributed by atoms with Crippen LogP contribution in [0.2, 0.25) is 0 Å². The topological polar surface area (TPSA) is 88.2 Å². The number of hydrogen-bond donors (Lipinski definition) is 3. The number of nitrogens with two attached hydrogens (primary N) is 1. The van der Waals surface area contributed by atoms with Crippen molar-refractivity contribution in [1.29, 1.82) is 0 Å². The zero-order valence-corrected chi connectivity index (χ0v) is 11.7. The van der Waals surface area contributed by atoms with Crippen molar-refractivity contribution in [2.75, 3.05) is 12.3 Å². The van der Waals surface area contributed by atoms with Crippen molar-refractivity contribution < 1.29 is 9.90 Å². The molecule has 1 heterocycles. The zero-order valence-electron chi connectivity index (χ0n) is 11.7. The minimum absolute atomic E-state index is 0.0770. The Labute approximate surface area is 117 Å². The number of rotatable bonds is 4. The van der Waals surface area contributed by atoms with Gasteiger partial charge in [-0.05, 0) is 37.6 Å². The summed E-state index contributed by atoms with van der Waals surface area (Å²) >= 11 is 0. The maximum Gasteiger partial charge on any atom is 0.252 e. The van der Waals surface area contributed by atoms with E-state index in [2.05, 4.69) is 10.3 Å². The van der Waals surface area contributed by atoms with Gasteiger partial charge in [0.1, 0.15) is 0 Å². The van der Waals surface area contributed by atoms with E-state index in [4.69, 9.17) is 5.73 Å². The fraction of sp³-hybridized carbons (Fsp3) is 0.333. The molecule has 0 saturated carbocycles. The average Bonchev–Trinajstić information content (AvgIpc) is 2.44. The summed E-state index contributed by atoms with van der Waals surface area (Å²) < 4.78 is 0. The Balaban J connectivity index is 2.47. The van der Waals surface area contributed by atoms with Crippen LogP contribution in [0, 0.1) is 6.92 Å². The number of aliphatic hydroxyl groups is 1. The second-order valence-corrected chi connectivity index (χ2v) is 4.85. The molecular formula is C15H19N3O2.